The van der Waals surface area contributed by atoms with Crippen LogP contribution in [0.2, 0.25) is 0 Å². The Morgan fingerprint density at radius 1 is 1.14 bits per heavy atom. The molecule has 10 heteroatoms. The fourth-order valence-corrected chi connectivity index (χ4v) is 3.33. The Hall–Kier alpha value is -3.50. The molecule has 9 nitrogen and oxygen atoms in total. The number of hydrogen-bond acceptors (Lipinski definition) is 6. The molecule has 0 aliphatic heterocycles. The van der Waals surface area contributed by atoms with Crippen LogP contribution in [0.1, 0.15) is 11.1 Å². The molecule has 2 aromatic carbocycles. The molecule has 0 unspecified atom stereocenters. The van der Waals surface area contributed by atoms with Crippen LogP contribution < -0.4 is 14.2 Å². The van der Waals surface area contributed by atoms with E-state index in [1.807, 2.05) is 31.2 Å². The summed E-state index contributed by atoms with van der Waals surface area (Å²) in [6, 6.07) is 16.2. The molecule has 0 atom stereocenters. The van der Waals surface area contributed by atoms with Crippen LogP contribution in [0, 0.1) is 6.92 Å². The van der Waals surface area contributed by atoms with Crippen LogP contribution in [0.5, 0.6) is 5.75 Å². The van der Waals surface area contributed by atoms with E-state index >= 15 is 0 Å². The molecule has 1 aromatic heterocycles. The van der Waals surface area contributed by atoms with E-state index in [1.54, 1.807) is 30.3 Å². The van der Waals surface area contributed by atoms with E-state index < -0.39 is 16.4 Å². The quantitative estimate of drug-likeness (QED) is 0.507. The fraction of sp³-hybridized carbons (Fsp3) is 0.105. The number of ether oxygens (including phenoxy) is 1. The molecule has 1 heterocycles. The van der Waals surface area contributed by atoms with Crippen LogP contribution in [-0.4, -0.2) is 29.6 Å². The number of carbonyl (C=O) groups is 1. The van der Waals surface area contributed by atoms with E-state index in [-0.39, 0.29) is 23.9 Å². The highest BCUT2D eigenvalue weighted by atomic mass is 32.2. The summed E-state index contributed by atoms with van der Waals surface area (Å²) in [7, 11) is -4.07. The Morgan fingerprint density at radius 3 is 2.59 bits per heavy atom. The topological polar surface area (TPSA) is 131 Å². The lowest BCUT2D eigenvalue weighted by Crippen LogP contribution is -2.30. The number of benzene rings is 2. The van der Waals surface area contributed by atoms with Crippen molar-refractivity contribution in [1.29, 1.82) is 0 Å². The van der Waals surface area contributed by atoms with Crippen molar-refractivity contribution in [3.05, 3.63) is 71.9 Å². The monoisotopic (exact) mass is 414 g/mol. The molecule has 0 saturated carbocycles. The number of rotatable bonds is 7. The maximum absolute atomic E-state index is 12.5. The second-order valence-corrected chi connectivity index (χ2v) is 7.56. The molecule has 29 heavy (non-hydrogen) atoms. The van der Waals surface area contributed by atoms with Crippen molar-refractivity contribution in [2.45, 2.75) is 13.5 Å². The molecule has 3 N–H and O–H groups in total. The third kappa shape index (κ3) is 5.74. The lowest BCUT2D eigenvalue weighted by atomic mass is 10.1. The number of carboxylic acid groups (broad SMARTS) is 1. The minimum absolute atomic E-state index is 0.0444. The van der Waals surface area contributed by atoms with E-state index in [0.29, 0.717) is 5.56 Å². The second kappa shape index (κ2) is 8.67. The van der Waals surface area contributed by atoms with Crippen molar-refractivity contribution < 1.29 is 23.1 Å². The molecule has 3 rings (SSSR count). The summed E-state index contributed by atoms with van der Waals surface area (Å²) in [6.07, 6.45) is -0.517. The highest BCUT2D eigenvalue weighted by Gasteiger charge is 2.18. The van der Waals surface area contributed by atoms with E-state index in [2.05, 4.69) is 24.1 Å². The van der Waals surface area contributed by atoms with Gasteiger partial charge >= 0.3 is 16.4 Å². The van der Waals surface area contributed by atoms with Gasteiger partial charge in [-0.15, -0.1) is 0 Å². The first-order valence-corrected chi connectivity index (χ1v) is 9.97. The fourth-order valence-electron chi connectivity index (χ4n) is 2.50. The third-order valence-corrected chi connectivity index (χ3v) is 4.75. The first-order valence-electron chi connectivity index (χ1n) is 8.48. The summed E-state index contributed by atoms with van der Waals surface area (Å²) in [4.78, 5) is 19.1. The van der Waals surface area contributed by atoms with E-state index in [1.165, 1.54) is 0 Å². The first-order chi connectivity index (χ1) is 13.8. The Labute approximate surface area is 167 Å². The average molecular weight is 414 g/mol. The zero-order valence-corrected chi connectivity index (χ0v) is 16.2. The summed E-state index contributed by atoms with van der Waals surface area (Å²) in [5.41, 5.74) is 2.39. The molecule has 0 amide bonds. The number of hydrogen-bond donors (Lipinski definition) is 3. The minimum atomic E-state index is -4.07. The van der Waals surface area contributed by atoms with Gasteiger partial charge < -0.3 is 9.84 Å². The van der Waals surface area contributed by atoms with Gasteiger partial charge in [-0.2, -0.15) is 13.1 Å². The molecular formula is C19H18N4O5S. The van der Waals surface area contributed by atoms with Crippen LogP contribution in [-0.2, 0) is 16.8 Å². The minimum Gasteiger partial charge on any atom is -0.449 e. The lowest BCUT2D eigenvalue weighted by molar-refractivity contribution is 0.144. The van der Waals surface area contributed by atoms with E-state index in [4.69, 9.17) is 5.11 Å². The Bertz CT molecular complexity index is 1120. The van der Waals surface area contributed by atoms with Gasteiger partial charge in [0.1, 0.15) is 0 Å². The molecule has 150 valence electrons. The maximum atomic E-state index is 12.5. The molecular weight excluding hydrogens is 396 g/mol. The molecule has 0 spiro atoms. The zero-order valence-electron chi connectivity index (χ0n) is 15.4. The SMILES string of the molecule is Cc1cccc(CNS(=O)(=O)Nc2nc(-c3ccccc3)ncc2OC(=O)O)c1. The van der Waals surface area contributed by atoms with E-state index in [0.717, 1.165) is 17.3 Å². The largest absolute Gasteiger partial charge is 0.511 e. The molecule has 0 aliphatic rings. The Kier molecular flexibility index (Phi) is 6.05. The van der Waals surface area contributed by atoms with Crippen molar-refractivity contribution in [2.24, 2.45) is 0 Å². The highest BCUT2D eigenvalue weighted by Crippen LogP contribution is 2.25. The normalized spacial score (nSPS) is 11.1. The van der Waals surface area contributed by atoms with Gasteiger partial charge in [0.25, 0.3) is 0 Å². The van der Waals surface area contributed by atoms with Crippen molar-refractivity contribution in [3.63, 3.8) is 0 Å². The van der Waals surface area contributed by atoms with Gasteiger partial charge in [-0.1, -0.05) is 60.2 Å². The summed E-state index contributed by atoms with van der Waals surface area (Å²) >= 11 is 0. The van der Waals surface area contributed by atoms with E-state index in [9.17, 15) is 13.2 Å². The molecule has 0 radical (unpaired) electrons. The molecule has 0 fully saturated rings. The average Bonchev–Trinajstić information content (AvgIpc) is 2.68. The van der Waals surface area contributed by atoms with Gasteiger partial charge in [0.05, 0.1) is 6.20 Å². The van der Waals surface area contributed by atoms with Gasteiger partial charge in [0, 0.05) is 12.1 Å². The number of aryl methyl sites for hydroxylation is 1. The standard InChI is InChI=1S/C19H18N4O5S/c1-13-6-5-7-14(10-13)11-21-29(26,27)23-18-16(28-19(24)25)12-20-17(22-18)15-8-3-2-4-9-15/h2-10,12,21H,11H2,1H3,(H,24,25)(H,20,22,23). The summed E-state index contributed by atoms with van der Waals surface area (Å²) in [6.45, 7) is 1.94. The van der Waals surface area contributed by atoms with Crippen LogP contribution in [0.4, 0.5) is 10.6 Å². The number of aromatic nitrogens is 2. The maximum Gasteiger partial charge on any atom is 0.511 e. The molecule has 0 saturated heterocycles. The second-order valence-electron chi connectivity index (χ2n) is 6.06. The highest BCUT2D eigenvalue weighted by molar-refractivity contribution is 7.90. The van der Waals surface area contributed by atoms with Gasteiger partial charge in [0.15, 0.2) is 17.4 Å². The van der Waals surface area contributed by atoms with Gasteiger partial charge in [-0.3, -0.25) is 4.72 Å². The van der Waals surface area contributed by atoms with Crippen LogP contribution in [0.25, 0.3) is 11.4 Å². The summed E-state index contributed by atoms with van der Waals surface area (Å²) < 4.78 is 34.1. The summed E-state index contributed by atoms with van der Waals surface area (Å²) in [5, 5.41) is 8.88. The third-order valence-electron chi connectivity index (χ3n) is 3.76. The van der Waals surface area contributed by atoms with Crippen LogP contribution in [0.3, 0.4) is 0 Å². The van der Waals surface area contributed by atoms with Crippen molar-refractivity contribution in [1.82, 2.24) is 14.7 Å². The molecule has 3 aromatic rings. The summed E-state index contributed by atoms with van der Waals surface area (Å²) in [5.74, 6) is -0.421. The Morgan fingerprint density at radius 2 is 1.90 bits per heavy atom. The number of nitrogens with zero attached hydrogens (tertiary/aromatic N) is 2. The van der Waals surface area contributed by atoms with Crippen LogP contribution >= 0.6 is 0 Å². The van der Waals surface area contributed by atoms with Crippen molar-refractivity contribution in [2.75, 3.05) is 4.72 Å². The molecule has 0 aliphatic carbocycles. The van der Waals surface area contributed by atoms with Crippen LogP contribution in [0.15, 0.2) is 60.8 Å². The lowest BCUT2D eigenvalue weighted by Gasteiger charge is -2.12. The Balaban J connectivity index is 1.85. The number of anilines is 1. The van der Waals surface area contributed by atoms with Gasteiger partial charge in [-0.25, -0.2) is 14.8 Å². The predicted octanol–water partition coefficient (Wildman–Crippen LogP) is 2.96. The zero-order chi connectivity index (χ0) is 20.9. The van der Waals surface area contributed by atoms with Gasteiger partial charge in [0.2, 0.25) is 0 Å². The van der Waals surface area contributed by atoms with Gasteiger partial charge in [-0.05, 0) is 12.5 Å². The smallest absolute Gasteiger partial charge is 0.449 e. The van der Waals surface area contributed by atoms with Crippen molar-refractivity contribution >= 4 is 22.2 Å². The first kappa shape index (κ1) is 20.2. The predicted molar refractivity (Wildman–Crippen MR) is 107 cm³/mol. The van der Waals surface area contributed by atoms with Crippen molar-refractivity contribution in [3.8, 4) is 17.1 Å². The molecule has 0 bridgehead atoms. The number of nitrogens with one attached hydrogen (secondary N) is 2.